The standard InChI is InChI=1S/C14H18F2N2O2/c1-8(19)7-18(2)14(20)17-12-6-9(12)13-10(15)4-3-5-11(13)16/h3-5,8-9,12,19H,6-7H2,1-2H3,(H,17,20). The molecule has 1 aliphatic carbocycles. The normalized spacial score (nSPS) is 22.2. The van der Waals surface area contributed by atoms with Crippen LogP contribution in [0.4, 0.5) is 13.6 Å². The molecule has 2 N–H and O–H groups in total. The fraction of sp³-hybridized carbons (Fsp3) is 0.500. The van der Waals surface area contributed by atoms with Gasteiger partial charge in [0.25, 0.3) is 0 Å². The monoisotopic (exact) mass is 284 g/mol. The number of hydrogen-bond acceptors (Lipinski definition) is 2. The maximum atomic E-state index is 13.6. The average Bonchev–Trinajstić information content (AvgIpc) is 3.07. The van der Waals surface area contributed by atoms with Crippen LogP contribution >= 0.6 is 0 Å². The van der Waals surface area contributed by atoms with Gasteiger partial charge in [0.2, 0.25) is 0 Å². The summed E-state index contributed by atoms with van der Waals surface area (Å²) in [5, 5.41) is 11.9. The molecule has 0 bridgehead atoms. The fourth-order valence-electron chi connectivity index (χ4n) is 2.29. The maximum absolute atomic E-state index is 13.6. The van der Waals surface area contributed by atoms with Crippen molar-refractivity contribution in [3.8, 4) is 0 Å². The van der Waals surface area contributed by atoms with Crippen molar-refractivity contribution in [2.45, 2.75) is 31.4 Å². The molecule has 1 aliphatic rings. The number of aliphatic hydroxyl groups is 1. The van der Waals surface area contributed by atoms with Gasteiger partial charge in [-0.05, 0) is 25.5 Å². The number of aliphatic hydroxyl groups excluding tert-OH is 1. The number of urea groups is 1. The van der Waals surface area contributed by atoms with E-state index in [0.29, 0.717) is 6.42 Å². The molecule has 1 saturated carbocycles. The van der Waals surface area contributed by atoms with Gasteiger partial charge in [0.15, 0.2) is 0 Å². The molecule has 6 heteroatoms. The van der Waals surface area contributed by atoms with E-state index in [1.165, 1.54) is 23.1 Å². The summed E-state index contributed by atoms with van der Waals surface area (Å²) >= 11 is 0. The highest BCUT2D eigenvalue weighted by Gasteiger charge is 2.43. The minimum Gasteiger partial charge on any atom is -0.392 e. The number of amides is 2. The first-order chi connectivity index (χ1) is 9.40. The van der Waals surface area contributed by atoms with E-state index >= 15 is 0 Å². The second-order valence-corrected chi connectivity index (χ2v) is 5.26. The smallest absolute Gasteiger partial charge is 0.317 e. The van der Waals surface area contributed by atoms with E-state index in [9.17, 15) is 18.7 Å². The summed E-state index contributed by atoms with van der Waals surface area (Å²) in [5.41, 5.74) is 0.0379. The van der Waals surface area contributed by atoms with E-state index in [1.54, 1.807) is 14.0 Å². The van der Waals surface area contributed by atoms with E-state index in [0.717, 1.165) is 0 Å². The predicted molar refractivity (Wildman–Crippen MR) is 70.3 cm³/mol. The molecule has 110 valence electrons. The van der Waals surface area contributed by atoms with E-state index in [-0.39, 0.29) is 30.1 Å². The van der Waals surface area contributed by atoms with Gasteiger partial charge in [-0.1, -0.05) is 6.07 Å². The lowest BCUT2D eigenvalue weighted by Gasteiger charge is -2.19. The number of nitrogens with one attached hydrogen (secondary N) is 1. The summed E-state index contributed by atoms with van der Waals surface area (Å²) in [6.45, 7) is 1.79. The summed E-state index contributed by atoms with van der Waals surface area (Å²) in [5.74, 6) is -1.48. The molecule has 0 aromatic heterocycles. The SMILES string of the molecule is CC(O)CN(C)C(=O)NC1CC1c1c(F)cccc1F. The Balaban J connectivity index is 1.94. The Hall–Kier alpha value is -1.69. The first kappa shape index (κ1) is 14.7. The van der Waals surface area contributed by atoms with Gasteiger partial charge < -0.3 is 15.3 Å². The molecule has 20 heavy (non-hydrogen) atoms. The van der Waals surface area contributed by atoms with Gasteiger partial charge in [-0.2, -0.15) is 0 Å². The molecular weight excluding hydrogens is 266 g/mol. The second-order valence-electron chi connectivity index (χ2n) is 5.26. The molecule has 2 amide bonds. The third-order valence-electron chi connectivity index (χ3n) is 3.35. The summed E-state index contributed by atoms with van der Waals surface area (Å²) in [6, 6.07) is 3.14. The number of benzene rings is 1. The Labute approximate surface area is 116 Å². The van der Waals surface area contributed by atoms with Crippen molar-refractivity contribution in [1.29, 1.82) is 0 Å². The third-order valence-corrected chi connectivity index (χ3v) is 3.35. The van der Waals surface area contributed by atoms with Crippen molar-refractivity contribution in [2.75, 3.05) is 13.6 Å². The van der Waals surface area contributed by atoms with Crippen LogP contribution in [0.5, 0.6) is 0 Å². The van der Waals surface area contributed by atoms with Gasteiger partial charge in [0.1, 0.15) is 11.6 Å². The van der Waals surface area contributed by atoms with Crippen molar-refractivity contribution < 1.29 is 18.7 Å². The van der Waals surface area contributed by atoms with Crippen molar-refractivity contribution in [1.82, 2.24) is 10.2 Å². The Bertz CT molecular complexity index is 488. The number of likely N-dealkylation sites (N-methyl/N-ethyl adjacent to an activating group) is 1. The number of carbonyl (C=O) groups is 1. The average molecular weight is 284 g/mol. The Morgan fingerprint density at radius 3 is 2.65 bits per heavy atom. The van der Waals surface area contributed by atoms with E-state index in [2.05, 4.69) is 5.32 Å². The zero-order chi connectivity index (χ0) is 14.9. The highest BCUT2D eigenvalue weighted by Crippen LogP contribution is 2.43. The van der Waals surface area contributed by atoms with Crippen LogP contribution in [0.25, 0.3) is 0 Å². The summed E-state index contributed by atoms with van der Waals surface area (Å²) in [6.07, 6.45) is -0.101. The van der Waals surface area contributed by atoms with Crippen LogP contribution in [0, 0.1) is 11.6 Å². The van der Waals surface area contributed by atoms with Crippen molar-refractivity contribution in [3.63, 3.8) is 0 Å². The Kier molecular flexibility index (Phi) is 4.23. The molecule has 0 spiro atoms. The first-order valence-corrected chi connectivity index (χ1v) is 6.53. The van der Waals surface area contributed by atoms with Gasteiger partial charge in [-0.3, -0.25) is 0 Å². The van der Waals surface area contributed by atoms with E-state index in [1.807, 2.05) is 0 Å². The lowest BCUT2D eigenvalue weighted by molar-refractivity contribution is 0.143. The zero-order valence-corrected chi connectivity index (χ0v) is 11.4. The van der Waals surface area contributed by atoms with E-state index < -0.39 is 17.7 Å². The Morgan fingerprint density at radius 2 is 2.10 bits per heavy atom. The summed E-state index contributed by atoms with van der Waals surface area (Å²) < 4.78 is 27.2. The van der Waals surface area contributed by atoms with Crippen LogP contribution in [-0.4, -0.2) is 41.8 Å². The largest absolute Gasteiger partial charge is 0.392 e. The van der Waals surface area contributed by atoms with Crippen LogP contribution in [0.3, 0.4) is 0 Å². The molecule has 0 heterocycles. The molecule has 0 radical (unpaired) electrons. The van der Waals surface area contributed by atoms with Crippen molar-refractivity contribution >= 4 is 6.03 Å². The molecule has 3 atom stereocenters. The number of halogens is 2. The lowest BCUT2D eigenvalue weighted by Crippen LogP contribution is -2.41. The van der Waals surface area contributed by atoms with Gasteiger partial charge in [0.05, 0.1) is 6.10 Å². The Morgan fingerprint density at radius 1 is 1.50 bits per heavy atom. The van der Waals surface area contributed by atoms with Gasteiger partial charge >= 0.3 is 6.03 Å². The van der Waals surface area contributed by atoms with Gasteiger partial charge in [0, 0.05) is 31.1 Å². The first-order valence-electron chi connectivity index (χ1n) is 6.53. The van der Waals surface area contributed by atoms with Crippen LogP contribution < -0.4 is 5.32 Å². The molecule has 0 aliphatic heterocycles. The van der Waals surface area contributed by atoms with Gasteiger partial charge in [-0.15, -0.1) is 0 Å². The highest BCUT2D eigenvalue weighted by atomic mass is 19.1. The number of rotatable bonds is 4. The lowest BCUT2D eigenvalue weighted by atomic mass is 10.1. The molecule has 1 aromatic rings. The van der Waals surface area contributed by atoms with Crippen molar-refractivity contribution in [3.05, 3.63) is 35.4 Å². The number of carbonyl (C=O) groups excluding carboxylic acids is 1. The molecular formula is C14H18F2N2O2. The third kappa shape index (κ3) is 3.25. The van der Waals surface area contributed by atoms with Crippen LogP contribution in [0.1, 0.15) is 24.8 Å². The maximum Gasteiger partial charge on any atom is 0.317 e. The molecule has 1 fully saturated rings. The molecule has 4 nitrogen and oxygen atoms in total. The minimum absolute atomic E-state index is 0.0379. The molecule has 0 saturated heterocycles. The van der Waals surface area contributed by atoms with E-state index in [4.69, 9.17) is 0 Å². The topological polar surface area (TPSA) is 52.6 Å². The van der Waals surface area contributed by atoms with Crippen LogP contribution in [-0.2, 0) is 0 Å². The van der Waals surface area contributed by atoms with Crippen LogP contribution in [0.2, 0.25) is 0 Å². The summed E-state index contributed by atoms with van der Waals surface area (Å²) in [4.78, 5) is 13.1. The second kappa shape index (κ2) is 5.75. The zero-order valence-electron chi connectivity index (χ0n) is 11.4. The predicted octanol–water partition coefficient (Wildman–Crippen LogP) is 1.84. The highest BCUT2D eigenvalue weighted by molar-refractivity contribution is 5.75. The van der Waals surface area contributed by atoms with Gasteiger partial charge in [-0.25, -0.2) is 13.6 Å². The summed E-state index contributed by atoms with van der Waals surface area (Å²) in [7, 11) is 1.56. The van der Waals surface area contributed by atoms with Crippen molar-refractivity contribution in [2.24, 2.45) is 0 Å². The minimum atomic E-state index is -0.621. The molecule has 1 aromatic carbocycles. The number of hydrogen-bond donors (Lipinski definition) is 2. The quantitative estimate of drug-likeness (QED) is 0.886. The van der Waals surface area contributed by atoms with Crippen LogP contribution in [0.15, 0.2) is 18.2 Å². The fourth-order valence-corrected chi connectivity index (χ4v) is 2.29. The molecule has 2 rings (SSSR count). The molecule has 3 unspecified atom stereocenters. The number of nitrogens with zero attached hydrogens (tertiary/aromatic N) is 1.